The number of ether oxygens (including phenoxy) is 2. The number of hydrogen-bond acceptors (Lipinski definition) is 4. The molecule has 0 aromatic heterocycles. The summed E-state index contributed by atoms with van der Waals surface area (Å²) in [5.41, 5.74) is -3.23. The molecule has 0 aromatic rings. The van der Waals surface area contributed by atoms with E-state index in [1.165, 1.54) is 0 Å². The van der Waals surface area contributed by atoms with E-state index in [-0.39, 0.29) is 18.0 Å². The van der Waals surface area contributed by atoms with Crippen molar-refractivity contribution in [2.24, 2.45) is 5.92 Å². The van der Waals surface area contributed by atoms with Gasteiger partial charge in [-0.15, -0.1) is 0 Å². The van der Waals surface area contributed by atoms with Gasteiger partial charge in [-0.3, -0.25) is 0 Å². The number of hydrogen-bond donors (Lipinski definition) is 1. The minimum Gasteiger partial charge on any atom is -0.459 e. The summed E-state index contributed by atoms with van der Waals surface area (Å²) in [4.78, 5) is 11.7. The summed E-state index contributed by atoms with van der Waals surface area (Å²) < 4.78 is 49.8. The smallest absolute Gasteiger partial charge is 0.419 e. The predicted molar refractivity (Wildman–Crippen MR) is 97.2 cm³/mol. The topological polar surface area (TPSA) is 55.8 Å². The highest BCUT2D eigenvalue weighted by atomic mass is 19.4. The van der Waals surface area contributed by atoms with Crippen LogP contribution in [0.2, 0.25) is 0 Å². The molecule has 27 heavy (non-hydrogen) atoms. The second-order valence-corrected chi connectivity index (χ2v) is 8.09. The third kappa shape index (κ3) is 6.79. The molecule has 1 N–H and O–H groups in total. The zero-order valence-electron chi connectivity index (χ0n) is 16.8. The standard InChI is InChI=1S/C20H33F3O4/c1-6-18(4,26-13-19(5,25)20(21,22)23)15-9-7-11-16(12-8-10-15)27-17(24)14(2)3/h15-16,25H,2,6-13H2,1,3-5H3. The number of carbonyl (C=O) groups is 1. The highest BCUT2D eigenvalue weighted by molar-refractivity contribution is 5.87. The van der Waals surface area contributed by atoms with Crippen LogP contribution in [0.1, 0.15) is 72.6 Å². The molecule has 0 radical (unpaired) electrons. The summed E-state index contributed by atoms with van der Waals surface area (Å²) in [5, 5.41) is 9.67. The Hall–Kier alpha value is -1.08. The Bertz CT molecular complexity index is 506. The van der Waals surface area contributed by atoms with Crippen molar-refractivity contribution in [2.45, 2.75) is 96.1 Å². The lowest BCUT2D eigenvalue weighted by Gasteiger charge is -2.41. The predicted octanol–water partition coefficient (Wildman–Crippen LogP) is 4.94. The van der Waals surface area contributed by atoms with Crippen molar-refractivity contribution in [1.29, 1.82) is 0 Å². The van der Waals surface area contributed by atoms with E-state index >= 15 is 0 Å². The number of rotatable bonds is 7. The van der Waals surface area contributed by atoms with Gasteiger partial charge in [-0.2, -0.15) is 13.2 Å². The first-order chi connectivity index (χ1) is 12.3. The molecule has 0 saturated heterocycles. The minimum atomic E-state index is -4.73. The van der Waals surface area contributed by atoms with E-state index in [9.17, 15) is 23.1 Å². The second-order valence-electron chi connectivity index (χ2n) is 8.09. The molecule has 1 fully saturated rings. The molecular weight excluding hydrogens is 361 g/mol. The maximum Gasteiger partial charge on any atom is 0.419 e. The SMILES string of the molecule is C=C(C)C(=O)OC1CCCC(C(C)(CC)OCC(C)(O)C(F)(F)F)CCC1. The Morgan fingerprint density at radius 3 is 2.07 bits per heavy atom. The summed E-state index contributed by atoms with van der Waals surface area (Å²) in [7, 11) is 0. The molecule has 158 valence electrons. The van der Waals surface area contributed by atoms with Crippen molar-refractivity contribution < 1.29 is 32.5 Å². The summed E-state index contributed by atoms with van der Waals surface area (Å²) in [5.74, 6) is -0.294. The molecule has 0 heterocycles. The average Bonchev–Trinajstić information content (AvgIpc) is 2.53. The first-order valence-electron chi connectivity index (χ1n) is 9.62. The van der Waals surface area contributed by atoms with Crippen molar-refractivity contribution in [3.05, 3.63) is 12.2 Å². The van der Waals surface area contributed by atoms with Crippen molar-refractivity contribution in [1.82, 2.24) is 0 Å². The highest BCUT2D eigenvalue weighted by Gasteiger charge is 2.51. The van der Waals surface area contributed by atoms with Gasteiger partial charge in [0.2, 0.25) is 0 Å². The van der Waals surface area contributed by atoms with E-state index < -0.39 is 24.0 Å². The Balaban J connectivity index is 2.67. The van der Waals surface area contributed by atoms with Crippen LogP contribution in [0.3, 0.4) is 0 Å². The lowest BCUT2D eigenvalue weighted by atomic mass is 9.77. The molecule has 0 aromatic carbocycles. The van der Waals surface area contributed by atoms with E-state index in [2.05, 4.69) is 6.58 Å². The van der Waals surface area contributed by atoms with Gasteiger partial charge < -0.3 is 14.6 Å². The van der Waals surface area contributed by atoms with E-state index in [1.54, 1.807) is 6.92 Å². The molecule has 1 aliphatic carbocycles. The first kappa shape index (κ1) is 24.0. The molecule has 7 heteroatoms. The van der Waals surface area contributed by atoms with E-state index in [0.29, 0.717) is 12.0 Å². The van der Waals surface area contributed by atoms with Crippen molar-refractivity contribution in [3.8, 4) is 0 Å². The highest BCUT2D eigenvalue weighted by Crippen LogP contribution is 2.38. The molecule has 1 aliphatic rings. The van der Waals surface area contributed by atoms with Crippen LogP contribution in [0.4, 0.5) is 13.2 Å². The summed E-state index contributed by atoms with van der Waals surface area (Å²) in [6, 6.07) is 0. The summed E-state index contributed by atoms with van der Waals surface area (Å²) in [6.07, 6.45) is 0.267. The van der Waals surface area contributed by atoms with Crippen molar-refractivity contribution >= 4 is 5.97 Å². The van der Waals surface area contributed by atoms with Crippen LogP contribution in [0, 0.1) is 5.92 Å². The van der Waals surface area contributed by atoms with Gasteiger partial charge in [0.25, 0.3) is 0 Å². The van der Waals surface area contributed by atoms with Gasteiger partial charge in [-0.25, -0.2) is 4.79 Å². The maximum absolute atomic E-state index is 12.9. The lowest BCUT2D eigenvalue weighted by Crippen LogP contribution is -2.50. The van der Waals surface area contributed by atoms with Gasteiger partial charge in [0.05, 0.1) is 12.2 Å². The second kappa shape index (κ2) is 9.41. The fraction of sp³-hybridized carbons (Fsp3) is 0.850. The zero-order chi connectivity index (χ0) is 20.9. The van der Waals surface area contributed by atoms with Gasteiger partial charge in [-0.05, 0) is 71.6 Å². The van der Waals surface area contributed by atoms with Crippen LogP contribution in [0.15, 0.2) is 12.2 Å². The summed E-state index contributed by atoms with van der Waals surface area (Å²) in [6.45, 7) is 8.86. The van der Waals surface area contributed by atoms with Gasteiger partial charge in [0.15, 0.2) is 5.60 Å². The molecule has 0 bridgehead atoms. The maximum atomic E-state index is 12.9. The van der Waals surface area contributed by atoms with Gasteiger partial charge in [-0.1, -0.05) is 13.5 Å². The van der Waals surface area contributed by atoms with Crippen molar-refractivity contribution in [3.63, 3.8) is 0 Å². The van der Waals surface area contributed by atoms with Gasteiger partial charge in [0.1, 0.15) is 6.10 Å². The molecule has 0 amide bonds. The van der Waals surface area contributed by atoms with Crippen LogP contribution in [-0.2, 0) is 14.3 Å². The first-order valence-corrected chi connectivity index (χ1v) is 9.62. The van der Waals surface area contributed by atoms with E-state index in [4.69, 9.17) is 9.47 Å². The van der Waals surface area contributed by atoms with E-state index in [1.807, 2.05) is 13.8 Å². The van der Waals surface area contributed by atoms with Gasteiger partial charge >= 0.3 is 12.1 Å². The number of halogens is 3. The Labute approximate surface area is 160 Å². The number of alkyl halides is 3. The Morgan fingerprint density at radius 2 is 1.67 bits per heavy atom. The fourth-order valence-corrected chi connectivity index (χ4v) is 3.35. The third-order valence-electron chi connectivity index (χ3n) is 5.64. The minimum absolute atomic E-state index is 0.0873. The molecule has 0 aliphatic heterocycles. The number of carbonyl (C=O) groups excluding carboxylic acids is 1. The monoisotopic (exact) mass is 394 g/mol. The molecule has 2 unspecified atom stereocenters. The zero-order valence-corrected chi connectivity index (χ0v) is 16.8. The molecule has 1 rings (SSSR count). The van der Waals surface area contributed by atoms with E-state index in [0.717, 1.165) is 45.4 Å². The third-order valence-corrected chi connectivity index (χ3v) is 5.64. The normalized spacial score (nSPS) is 26.2. The van der Waals surface area contributed by atoms with Crippen LogP contribution in [0.25, 0.3) is 0 Å². The number of aliphatic hydroxyl groups is 1. The molecule has 1 saturated carbocycles. The molecule has 4 nitrogen and oxygen atoms in total. The molecule has 2 atom stereocenters. The Morgan fingerprint density at radius 1 is 1.15 bits per heavy atom. The fourth-order valence-electron chi connectivity index (χ4n) is 3.35. The van der Waals surface area contributed by atoms with Crippen LogP contribution in [0.5, 0.6) is 0 Å². The quantitative estimate of drug-likeness (QED) is 0.491. The lowest BCUT2D eigenvalue weighted by molar-refractivity contribution is -0.279. The summed E-state index contributed by atoms with van der Waals surface area (Å²) >= 11 is 0. The van der Waals surface area contributed by atoms with Crippen molar-refractivity contribution in [2.75, 3.05) is 6.61 Å². The van der Waals surface area contributed by atoms with Crippen LogP contribution >= 0.6 is 0 Å². The Kier molecular flexibility index (Phi) is 8.35. The average molecular weight is 394 g/mol. The molecule has 0 spiro atoms. The largest absolute Gasteiger partial charge is 0.459 e. The van der Waals surface area contributed by atoms with Crippen LogP contribution < -0.4 is 0 Å². The van der Waals surface area contributed by atoms with Gasteiger partial charge in [0, 0.05) is 5.57 Å². The van der Waals surface area contributed by atoms with Crippen LogP contribution in [-0.4, -0.2) is 41.2 Å². The molecular formula is C20H33F3O4. The number of esters is 1.